The number of phenols is 1. The minimum absolute atomic E-state index is 0.311. The van der Waals surface area contributed by atoms with Crippen molar-refractivity contribution in [2.75, 3.05) is 7.11 Å². The summed E-state index contributed by atoms with van der Waals surface area (Å²) in [5, 5.41) is 9.46. The van der Waals surface area contributed by atoms with Gasteiger partial charge in [0.15, 0.2) is 0 Å². The summed E-state index contributed by atoms with van der Waals surface area (Å²) in [5.74, 6) is 1.07. The number of ether oxygens (including phenoxy) is 1. The van der Waals surface area contributed by atoms with Crippen molar-refractivity contribution in [3.63, 3.8) is 0 Å². The van der Waals surface area contributed by atoms with Crippen molar-refractivity contribution in [3.8, 4) is 11.5 Å². The fourth-order valence-corrected chi connectivity index (χ4v) is 1.14. The minimum Gasteiger partial charge on any atom is -0.508 e. The molecule has 0 fully saturated rings. The van der Waals surface area contributed by atoms with Crippen LogP contribution < -0.4 is 4.74 Å². The zero-order chi connectivity index (χ0) is 9.14. The third kappa shape index (κ3) is 1.52. The fraction of sp³-hybridized carbons (Fsp3) is 0.400. The SMILES string of the molecule is CCc1cc(O)c(C)c(OC)c1. The molecule has 2 nitrogen and oxygen atoms in total. The summed E-state index contributed by atoms with van der Waals surface area (Å²) < 4.78 is 5.11. The highest BCUT2D eigenvalue weighted by molar-refractivity contribution is 5.46. The van der Waals surface area contributed by atoms with Crippen LogP contribution in [0.1, 0.15) is 18.1 Å². The van der Waals surface area contributed by atoms with E-state index in [2.05, 4.69) is 0 Å². The molecule has 0 atom stereocenters. The Labute approximate surface area is 72.8 Å². The molecule has 0 aliphatic carbocycles. The lowest BCUT2D eigenvalue weighted by molar-refractivity contribution is 0.402. The second-order valence-electron chi connectivity index (χ2n) is 2.80. The van der Waals surface area contributed by atoms with Gasteiger partial charge in [-0.3, -0.25) is 0 Å². The van der Waals surface area contributed by atoms with Gasteiger partial charge in [0.2, 0.25) is 0 Å². The predicted octanol–water partition coefficient (Wildman–Crippen LogP) is 2.27. The average molecular weight is 166 g/mol. The number of hydrogen-bond acceptors (Lipinski definition) is 2. The molecule has 0 spiro atoms. The van der Waals surface area contributed by atoms with Crippen molar-refractivity contribution >= 4 is 0 Å². The van der Waals surface area contributed by atoms with Crippen LogP contribution in [-0.4, -0.2) is 12.2 Å². The summed E-state index contributed by atoms with van der Waals surface area (Å²) in [6.07, 6.45) is 0.907. The van der Waals surface area contributed by atoms with Crippen LogP contribution in [0.15, 0.2) is 12.1 Å². The molecule has 0 aliphatic heterocycles. The number of hydrogen-bond donors (Lipinski definition) is 1. The van der Waals surface area contributed by atoms with E-state index in [0.717, 1.165) is 23.3 Å². The average Bonchev–Trinajstić information content (AvgIpc) is 2.09. The molecule has 0 saturated carbocycles. The van der Waals surface area contributed by atoms with Crippen molar-refractivity contribution in [3.05, 3.63) is 23.3 Å². The van der Waals surface area contributed by atoms with Crippen molar-refractivity contribution in [1.82, 2.24) is 0 Å². The lowest BCUT2D eigenvalue weighted by Crippen LogP contribution is -1.90. The van der Waals surface area contributed by atoms with Gasteiger partial charge in [-0.25, -0.2) is 0 Å². The van der Waals surface area contributed by atoms with Crippen LogP contribution >= 0.6 is 0 Å². The van der Waals surface area contributed by atoms with E-state index < -0.39 is 0 Å². The Bertz CT molecular complexity index is 279. The normalized spacial score (nSPS) is 9.92. The first-order valence-corrected chi connectivity index (χ1v) is 4.05. The Morgan fingerprint density at radius 3 is 2.58 bits per heavy atom. The third-order valence-electron chi connectivity index (χ3n) is 2.02. The maximum absolute atomic E-state index is 9.46. The third-order valence-corrected chi connectivity index (χ3v) is 2.02. The smallest absolute Gasteiger partial charge is 0.125 e. The summed E-state index contributed by atoms with van der Waals surface area (Å²) in [4.78, 5) is 0. The topological polar surface area (TPSA) is 29.5 Å². The number of aryl methyl sites for hydroxylation is 1. The second-order valence-corrected chi connectivity index (χ2v) is 2.80. The molecule has 0 unspecified atom stereocenters. The van der Waals surface area contributed by atoms with Gasteiger partial charge in [0.05, 0.1) is 7.11 Å². The molecule has 1 aromatic rings. The molecule has 2 heteroatoms. The summed E-state index contributed by atoms with van der Waals surface area (Å²) in [6.45, 7) is 3.89. The summed E-state index contributed by atoms with van der Waals surface area (Å²) >= 11 is 0. The lowest BCUT2D eigenvalue weighted by atomic mass is 10.1. The van der Waals surface area contributed by atoms with E-state index in [1.807, 2.05) is 19.9 Å². The van der Waals surface area contributed by atoms with Gasteiger partial charge in [-0.1, -0.05) is 6.92 Å². The van der Waals surface area contributed by atoms with Gasteiger partial charge in [-0.2, -0.15) is 0 Å². The Kier molecular flexibility index (Phi) is 2.58. The van der Waals surface area contributed by atoms with E-state index in [0.29, 0.717) is 5.75 Å². The van der Waals surface area contributed by atoms with Gasteiger partial charge in [0.1, 0.15) is 11.5 Å². The van der Waals surface area contributed by atoms with Gasteiger partial charge < -0.3 is 9.84 Å². The van der Waals surface area contributed by atoms with Gasteiger partial charge in [0.25, 0.3) is 0 Å². The maximum atomic E-state index is 9.46. The van der Waals surface area contributed by atoms with Crippen molar-refractivity contribution in [1.29, 1.82) is 0 Å². The number of rotatable bonds is 2. The highest BCUT2D eigenvalue weighted by atomic mass is 16.5. The van der Waals surface area contributed by atoms with E-state index in [4.69, 9.17) is 4.74 Å². The van der Waals surface area contributed by atoms with Crippen LogP contribution in [0.25, 0.3) is 0 Å². The molecule has 66 valence electrons. The standard InChI is InChI=1S/C10H14O2/c1-4-8-5-9(11)7(2)10(6-8)12-3/h5-6,11H,4H2,1-3H3. The molecule has 1 N–H and O–H groups in total. The minimum atomic E-state index is 0.311. The monoisotopic (exact) mass is 166 g/mol. The van der Waals surface area contributed by atoms with Crippen molar-refractivity contribution in [2.45, 2.75) is 20.3 Å². The first-order valence-electron chi connectivity index (χ1n) is 4.05. The molecule has 1 rings (SSSR count). The summed E-state index contributed by atoms with van der Waals surface area (Å²) in [5.41, 5.74) is 1.89. The Morgan fingerprint density at radius 1 is 1.42 bits per heavy atom. The van der Waals surface area contributed by atoms with Crippen LogP contribution in [0.5, 0.6) is 11.5 Å². The first kappa shape index (κ1) is 8.91. The number of aromatic hydroxyl groups is 1. The van der Waals surface area contributed by atoms with Gasteiger partial charge in [-0.05, 0) is 31.0 Å². The van der Waals surface area contributed by atoms with Crippen LogP contribution in [-0.2, 0) is 6.42 Å². The van der Waals surface area contributed by atoms with Gasteiger partial charge in [0, 0.05) is 5.56 Å². The van der Waals surface area contributed by atoms with Crippen LogP contribution in [0.4, 0.5) is 0 Å². The quantitative estimate of drug-likeness (QED) is 0.730. The van der Waals surface area contributed by atoms with Crippen molar-refractivity contribution in [2.24, 2.45) is 0 Å². The molecular formula is C10H14O2. The van der Waals surface area contributed by atoms with Gasteiger partial charge >= 0.3 is 0 Å². The van der Waals surface area contributed by atoms with Crippen LogP contribution in [0.2, 0.25) is 0 Å². The molecule has 1 aromatic carbocycles. The predicted molar refractivity (Wildman–Crippen MR) is 48.8 cm³/mol. The highest BCUT2D eigenvalue weighted by Gasteiger charge is 2.04. The Balaban J connectivity index is 3.19. The largest absolute Gasteiger partial charge is 0.508 e. The van der Waals surface area contributed by atoms with Gasteiger partial charge in [-0.15, -0.1) is 0 Å². The molecule has 12 heavy (non-hydrogen) atoms. The lowest BCUT2D eigenvalue weighted by Gasteiger charge is -2.08. The highest BCUT2D eigenvalue weighted by Crippen LogP contribution is 2.28. The molecule has 0 saturated heterocycles. The first-order chi connectivity index (χ1) is 5.69. The molecular weight excluding hydrogens is 152 g/mol. The van der Waals surface area contributed by atoms with E-state index in [9.17, 15) is 5.11 Å². The van der Waals surface area contributed by atoms with Crippen LogP contribution in [0, 0.1) is 6.92 Å². The molecule has 0 bridgehead atoms. The van der Waals surface area contributed by atoms with E-state index >= 15 is 0 Å². The molecule has 0 aromatic heterocycles. The Morgan fingerprint density at radius 2 is 2.08 bits per heavy atom. The molecule has 0 amide bonds. The molecule has 0 radical (unpaired) electrons. The number of benzene rings is 1. The maximum Gasteiger partial charge on any atom is 0.125 e. The Hall–Kier alpha value is -1.18. The molecule has 0 heterocycles. The fourth-order valence-electron chi connectivity index (χ4n) is 1.14. The number of methoxy groups -OCH3 is 1. The second kappa shape index (κ2) is 3.48. The van der Waals surface area contributed by atoms with Crippen LogP contribution in [0.3, 0.4) is 0 Å². The molecule has 0 aliphatic rings. The zero-order valence-corrected chi connectivity index (χ0v) is 7.72. The summed E-state index contributed by atoms with van der Waals surface area (Å²) in [6, 6.07) is 3.73. The number of phenolic OH excluding ortho intramolecular Hbond substituents is 1. The van der Waals surface area contributed by atoms with E-state index in [-0.39, 0.29) is 0 Å². The van der Waals surface area contributed by atoms with Crippen molar-refractivity contribution < 1.29 is 9.84 Å². The summed E-state index contributed by atoms with van der Waals surface area (Å²) in [7, 11) is 1.61. The van der Waals surface area contributed by atoms with E-state index in [1.165, 1.54) is 0 Å². The van der Waals surface area contributed by atoms with E-state index in [1.54, 1.807) is 13.2 Å². The zero-order valence-electron chi connectivity index (χ0n) is 7.72.